The van der Waals surface area contributed by atoms with Gasteiger partial charge in [0.2, 0.25) is 5.91 Å². The highest BCUT2D eigenvalue weighted by Gasteiger charge is 2.05. The molecule has 0 aromatic heterocycles. The summed E-state index contributed by atoms with van der Waals surface area (Å²) in [5.41, 5.74) is 6.26. The van der Waals surface area contributed by atoms with E-state index in [1.165, 1.54) is 12.1 Å². The Morgan fingerprint density at radius 2 is 2.29 bits per heavy atom. The summed E-state index contributed by atoms with van der Waals surface area (Å²) < 4.78 is 13.1. The van der Waals surface area contributed by atoms with Crippen LogP contribution in [0.2, 0.25) is 5.02 Å². The van der Waals surface area contributed by atoms with Gasteiger partial charge in [0.25, 0.3) is 0 Å². The fourth-order valence-electron chi connectivity index (χ4n) is 1.32. The number of benzene rings is 1. The van der Waals surface area contributed by atoms with Gasteiger partial charge in [-0.1, -0.05) is 17.7 Å². The average molecular weight is 259 g/mol. The number of hydrogen-bond acceptors (Lipinski definition) is 2. The number of aryl methyl sites for hydroxylation is 1. The zero-order valence-electron chi connectivity index (χ0n) is 9.67. The van der Waals surface area contributed by atoms with E-state index in [2.05, 4.69) is 5.32 Å². The number of rotatable bonds is 5. The van der Waals surface area contributed by atoms with Crippen molar-refractivity contribution in [1.29, 1.82) is 0 Å². The van der Waals surface area contributed by atoms with Gasteiger partial charge in [-0.2, -0.15) is 0 Å². The van der Waals surface area contributed by atoms with Crippen LogP contribution in [0.4, 0.5) is 4.39 Å². The molecule has 1 rings (SSSR count). The SMILES string of the molecule is CC(N)CNC(=O)CCc1ccc(Cl)c(F)c1. The molecule has 0 heterocycles. The molecular weight excluding hydrogens is 243 g/mol. The number of halogens is 2. The average Bonchev–Trinajstić information content (AvgIpc) is 2.28. The molecular formula is C12H16ClFN2O. The van der Waals surface area contributed by atoms with Crippen molar-refractivity contribution >= 4 is 17.5 Å². The molecule has 5 heteroatoms. The van der Waals surface area contributed by atoms with Crippen LogP contribution in [0, 0.1) is 5.82 Å². The van der Waals surface area contributed by atoms with E-state index in [0.717, 1.165) is 5.56 Å². The van der Waals surface area contributed by atoms with Crippen LogP contribution in [0.25, 0.3) is 0 Å². The Balaban J connectivity index is 2.39. The van der Waals surface area contributed by atoms with Crippen LogP contribution in [0.1, 0.15) is 18.9 Å². The molecule has 1 aromatic rings. The van der Waals surface area contributed by atoms with E-state index in [9.17, 15) is 9.18 Å². The van der Waals surface area contributed by atoms with Crippen LogP contribution in [-0.4, -0.2) is 18.5 Å². The molecule has 0 aliphatic rings. The van der Waals surface area contributed by atoms with E-state index in [0.29, 0.717) is 19.4 Å². The lowest BCUT2D eigenvalue weighted by molar-refractivity contribution is -0.121. The molecule has 0 saturated carbocycles. The highest BCUT2D eigenvalue weighted by Crippen LogP contribution is 2.16. The Kier molecular flexibility index (Phi) is 5.38. The fraction of sp³-hybridized carbons (Fsp3) is 0.417. The summed E-state index contributed by atoms with van der Waals surface area (Å²) in [7, 11) is 0. The van der Waals surface area contributed by atoms with Gasteiger partial charge >= 0.3 is 0 Å². The van der Waals surface area contributed by atoms with Gasteiger partial charge in [0, 0.05) is 19.0 Å². The standard InChI is InChI=1S/C12H16ClFN2O/c1-8(15)7-16-12(17)5-3-9-2-4-10(13)11(14)6-9/h2,4,6,8H,3,5,7,15H2,1H3,(H,16,17). The van der Waals surface area contributed by atoms with E-state index >= 15 is 0 Å². The molecule has 0 radical (unpaired) electrons. The fourth-order valence-corrected chi connectivity index (χ4v) is 1.43. The van der Waals surface area contributed by atoms with Crippen LogP contribution in [-0.2, 0) is 11.2 Å². The lowest BCUT2D eigenvalue weighted by Crippen LogP contribution is -2.35. The smallest absolute Gasteiger partial charge is 0.220 e. The number of nitrogens with two attached hydrogens (primary N) is 1. The van der Waals surface area contributed by atoms with E-state index < -0.39 is 5.82 Å². The third-order valence-electron chi connectivity index (χ3n) is 2.25. The predicted octanol–water partition coefficient (Wildman–Crippen LogP) is 1.88. The summed E-state index contributed by atoms with van der Waals surface area (Å²) in [4.78, 5) is 11.4. The summed E-state index contributed by atoms with van der Waals surface area (Å²) in [6.45, 7) is 2.27. The molecule has 17 heavy (non-hydrogen) atoms. The molecule has 94 valence electrons. The first-order valence-corrected chi connectivity index (χ1v) is 5.83. The van der Waals surface area contributed by atoms with E-state index in [-0.39, 0.29) is 17.0 Å². The maximum Gasteiger partial charge on any atom is 0.220 e. The maximum absolute atomic E-state index is 13.1. The summed E-state index contributed by atoms with van der Waals surface area (Å²) in [5, 5.41) is 2.79. The summed E-state index contributed by atoms with van der Waals surface area (Å²) in [6.07, 6.45) is 0.798. The first-order valence-electron chi connectivity index (χ1n) is 5.45. The molecule has 3 nitrogen and oxygen atoms in total. The lowest BCUT2D eigenvalue weighted by Gasteiger charge is -2.07. The second-order valence-corrected chi connectivity index (χ2v) is 4.44. The quantitative estimate of drug-likeness (QED) is 0.847. The summed E-state index contributed by atoms with van der Waals surface area (Å²) in [5.74, 6) is -0.544. The molecule has 1 atom stereocenters. The molecule has 0 saturated heterocycles. The Morgan fingerprint density at radius 3 is 2.88 bits per heavy atom. The molecule has 3 N–H and O–H groups in total. The third-order valence-corrected chi connectivity index (χ3v) is 2.55. The van der Waals surface area contributed by atoms with Crippen molar-refractivity contribution in [2.24, 2.45) is 5.73 Å². The highest BCUT2D eigenvalue weighted by atomic mass is 35.5. The molecule has 1 unspecified atom stereocenters. The Morgan fingerprint density at radius 1 is 1.59 bits per heavy atom. The maximum atomic E-state index is 13.1. The van der Waals surface area contributed by atoms with Gasteiger partial charge < -0.3 is 11.1 Å². The van der Waals surface area contributed by atoms with Gasteiger partial charge in [0.15, 0.2) is 0 Å². The Labute approximate surface area is 105 Å². The van der Waals surface area contributed by atoms with Crippen molar-refractivity contribution in [3.8, 4) is 0 Å². The molecule has 0 aliphatic carbocycles. The minimum Gasteiger partial charge on any atom is -0.355 e. The highest BCUT2D eigenvalue weighted by molar-refractivity contribution is 6.30. The van der Waals surface area contributed by atoms with E-state index in [4.69, 9.17) is 17.3 Å². The number of amides is 1. The van der Waals surface area contributed by atoms with Crippen LogP contribution in [0.5, 0.6) is 0 Å². The van der Waals surface area contributed by atoms with Gasteiger partial charge in [0.05, 0.1) is 5.02 Å². The molecule has 1 aromatic carbocycles. The van der Waals surface area contributed by atoms with Crippen molar-refractivity contribution in [3.63, 3.8) is 0 Å². The number of carbonyl (C=O) groups is 1. The van der Waals surface area contributed by atoms with Gasteiger partial charge in [-0.15, -0.1) is 0 Å². The van der Waals surface area contributed by atoms with E-state index in [1.807, 2.05) is 6.92 Å². The molecule has 0 fully saturated rings. The summed E-state index contributed by atoms with van der Waals surface area (Å²) in [6, 6.07) is 4.49. The molecule has 0 spiro atoms. The minimum absolute atomic E-state index is 0.0630. The van der Waals surface area contributed by atoms with Gasteiger partial charge in [-0.25, -0.2) is 4.39 Å². The third kappa shape index (κ3) is 5.15. The second-order valence-electron chi connectivity index (χ2n) is 4.03. The van der Waals surface area contributed by atoms with Gasteiger partial charge in [-0.05, 0) is 31.0 Å². The van der Waals surface area contributed by atoms with Crippen LogP contribution >= 0.6 is 11.6 Å². The summed E-state index contributed by atoms with van der Waals surface area (Å²) >= 11 is 5.56. The zero-order valence-corrected chi connectivity index (χ0v) is 10.4. The van der Waals surface area contributed by atoms with Crippen LogP contribution in [0.15, 0.2) is 18.2 Å². The molecule has 0 aliphatic heterocycles. The number of hydrogen-bond donors (Lipinski definition) is 2. The van der Waals surface area contributed by atoms with Crippen molar-refractivity contribution < 1.29 is 9.18 Å². The number of nitrogens with one attached hydrogen (secondary N) is 1. The minimum atomic E-state index is -0.458. The van der Waals surface area contributed by atoms with Gasteiger partial charge in [-0.3, -0.25) is 4.79 Å². The lowest BCUT2D eigenvalue weighted by atomic mass is 10.1. The first-order chi connectivity index (χ1) is 7.99. The normalized spacial score (nSPS) is 12.2. The molecule has 0 bridgehead atoms. The topological polar surface area (TPSA) is 55.1 Å². The first kappa shape index (κ1) is 13.9. The van der Waals surface area contributed by atoms with Crippen LogP contribution < -0.4 is 11.1 Å². The van der Waals surface area contributed by atoms with E-state index in [1.54, 1.807) is 6.07 Å². The monoisotopic (exact) mass is 258 g/mol. The van der Waals surface area contributed by atoms with Crippen molar-refractivity contribution in [1.82, 2.24) is 5.32 Å². The Bertz CT molecular complexity index is 396. The largest absolute Gasteiger partial charge is 0.355 e. The van der Waals surface area contributed by atoms with Crippen LogP contribution in [0.3, 0.4) is 0 Å². The molecule has 1 amide bonds. The van der Waals surface area contributed by atoms with Crippen molar-refractivity contribution in [3.05, 3.63) is 34.6 Å². The van der Waals surface area contributed by atoms with Gasteiger partial charge in [0.1, 0.15) is 5.82 Å². The van der Waals surface area contributed by atoms with Crippen molar-refractivity contribution in [2.45, 2.75) is 25.8 Å². The number of carbonyl (C=O) groups excluding carboxylic acids is 1. The Hall–Kier alpha value is -1.13. The predicted molar refractivity (Wildman–Crippen MR) is 66.4 cm³/mol. The second kappa shape index (κ2) is 6.57. The zero-order chi connectivity index (χ0) is 12.8. The van der Waals surface area contributed by atoms with Crippen molar-refractivity contribution in [2.75, 3.05) is 6.54 Å².